The van der Waals surface area contributed by atoms with Crippen LogP contribution in [0.15, 0.2) is 18.2 Å². The van der Waals surface area contributed by atoms with E-state index in [1.54, 1.807) is 6.07 Å². The SMILES string of the molecule is CC1(C)CCN(CC(N)c2cccc(F)c2F)C1. The Labute approximate surface area is 107 Å². The summed E-state index contributed by atoms with van der Waals surface area (Å²) in [7, 11) is 0. The highest BCUT2D eigenvalue weighted by Crippen LogP contribution is 2.30. The van der Waals surface area contributed by atoms with Crippen molar-refractivity contribution >= 4 is 0 Å². The van der Waals surface area contributed by atoms with Crippen LogP contribution in [0.2, 0.25) is 0 Å². The third-order valence-electron chi connectivity index (χ3n) is 3.59. The predicted molar refractivity (Wildman–Crippen MR) is 68.1 cm³/mol. The molecule has 1 heterocycles. The van der Waals surface area contributed by atoms with Crippen LogP contribution in [0.5, 0.6) is 0 Å². The van der Waals surface area contributed by atoms with Crippen LogP contribution in [-0.2, 0) is 0 Å². The average Bonchev–Trinajstić information content (AvgIpc) is 2.62. The van der Waals surface area contributed by atoms with Gasteiger partial charge in [0.05, 0.1) is 0 Å². The maximum absolute atomic E-state index is 13.6. The second kappa shape index (κ2) is 4.94. The number of nitrogens with two attached hydrogens (primary N) is 1. The van der Waals surface area contributed by atoms with E-state index < -0.39 is 17.7 Å². The summed E-state index contributed by atoms with van der Waals surface area (Å²) < 4.78 is 26.7. The van der Waals surface area contributed by atoms with Crippen LogP contribution in [0, 0.1) is 17.0 Å². The van der Waals surface area contributed by atoms with Crippen LogP contribution < -0.4 is 5.73 Å². The molecule has 2 rings (SSSR count). The summed E-state index contributed by atoms with van der Waals surface area (Å²) in [5, 5.41) is 0. The number of halogens is 2. The Kier molecular flexibility index (Phi) is 3.69. The van der Waals surface area contributed by atoms with Gasteiger partial charge in [0, 0.05) is 24.7 Å². The lowest BCUT2D eigenvalue weighted by Crippen LogP contribution is -2.32. The van der Waals surface area contributed by atoms with E-state index in [1.807, 2.05) is 0 Å². The molecule has 1 aliphatic rings. The van der Waals surface area contributed by atoms with E-state index >= 15 is 0 Å². The third-order valence-corrected chi connectivity index (χ3v) is 3.59. The number of likely N-dealkylation sites (tertiary alicyclic amines) is 1. The van der Waals surface area contributed by atoms with Crippen molar-refractivity contribution in [2.24, 2.45) is 11.1 Å². The van der Waals surface area contributed by atoms with Crippen molar-refractivity contribution in [1.29, 1.82) is 0 Å². The van der Waals surface area contributed by atoms with E-state index in [2.05, 4.69) is 18.7 Å². The highest BCUT2D eigenvalue weighted by atomic mass is 19.2. The molecule has 2 N–H and O–H groups in total. The largest absolute Gasteiger partial charge is 0.323 e. The summed E-state index contributed by atoms with van der Waals surface area (Å²) in [4.78, 5) is 2.22. The van der Waals surface area contributed by atoms with Gasteiger partial charge in [0.15, 0.2) is 11.6 Å². The van der Waals surface area contributed by atoms with Gasteiger partial charge in [-0.05, 0) is 24.4 Å². The first-order valence-corrected chi connectivity index (χ1v) is 6.31. The lowest BCUT2D eigenvalue weighted by molar-refractivity contribution is 0.274. The molecular formula is C14H20F2N2. The number of benzene rings is 1. The van der Waals surface area contributed by atoms with Crippen LogP contribution in [0.4, 0.5) is 8.78 Å². The molecule has 0 amide bonds. The van der Waals surface area contributed by atoms with Gasteiger partial charge in [-0.1, -0.05) is 26.0 Å². The topological polar surface area (TPSA) is 29.3 Å². The molecular weight excluding hydrogens is 234 g/mol. The molecule has 0 saturated carbocycles. The molecule has 1 fully saturated rings. The highest BCUT2D eigenvalue weighted by molar-refractivity contribution is 5.22. The first-order valence-electron chi connectivity index (χ1n) is 6.31. The maximum Gasteiger partial charge on any atom is 0.163 e. The zero-order chi connectivity index (χ0) is 13.3. The summed E-state index contributed by atoms with van der Waals surface area (Å²) in [5.74, 6) is -1.65. The molecule has 1 atom stereocenters. The second-order valence-corrected chi connectivity index (χ2v) is 5.90. The Bertz CT molecular complexity index is 432. The molecule has 4 heteroatoms. The van der Waals surface area contributed by atoms with Gasteiger partial charge in [-0.2, -0.15) is 0 Å². The fraction of sp³-hybridized carbons (Fsp3) is 0.571. The number of hydrogen-bond acceptors (Lipinski definition) is 2. The lowest BCUT2D eigenvalue weighted by Gasteiger charge is -2.23. The molecule has 0 bridgehead atoms. The molecule has 18 heavy (non-hydrogen) atoms. The Hall–Kier alpha value is -1.00. The van der Waals surface area contributed by atoms with Gasteiger partial charge in [0.25, 0.3) is 0 Å². The lowest BCUT2D eigenvalue weighted by atomic mass is 9.93. The Morgan fingerprint density at radius 1 is 1.39 bits per heavy atom. The summed E-state index contributed by atoms with van der Waals surface area (Å²) in [6.45, 7) is 6.92. The van der Waals surface area contributed by atoms with Crippen LogP contribution >= 0.6 is 0 Å². The fourth-order valence-electron chi connectivity index (χ4n) is 2.56. The Morgan fingerprint density at radius 2 is 2.11 bits per heavy atom. The minimum atomic E-state index is -0.829. The number of nitrogens with zero attached hydrogens (tertiary/aromatic N) is 1. The van der Waals surface area contributed by atoms with Gasteiger partial charge in [0.2, 0.25) is 0 Å². The Balaban J connectivity index is 2.04. The van der Waals surface area contributed by atoms with E-state index in [9.17, 15) is 8.78 Å². The van der Waals surface area contributed by atoms with Crippen LogP contribution in [0.3, 0.4) is 0 Å². The second-order valence-electron chi connectivity index (χ2n) is 5.90. The van der Waals surface area contributed by atoms with Gasteiger partial charge >= 0.3 is 0 Å². The molecule has 0 aromatic heterocycles. The normalized spacial score (nSPS) is 21.2. The van der Waals surface area contributed by atoms with E-state index in [-0.39, 0.29) is 5.56 Å². The van der Waals surface area contributed by atoms with Gasteiger partial charge in [0.1, 0.15) is 0 Å². The minimum absolute atomic E-state index is 0.264. The molecule has 1 unspecified atom stereocenters. The fourth-order valence-corrected chi connectivity index (χ4v) is 2.56. The molecule has 100 valence electrons. The monoisotopic (exact) mass is 254 g/mol. The van der Waals surface area contributed by atoms with E-state index in [4.69, 9.17) is 5.73 Å². The van der Waals surface area contributed by atoms with E-state index in [0.29, 0.717) is 12.0 Å². The zero-order valence-corrected chi connectivity index (χ0v) is 10.9. The van der Waals surface area contributed by atoms with Gasteiger partial charge in [-0.15, -0.1) is 0 Å². The molecule has 1 aromatic rings. The van der Waals surface area contributed by atoms with Crippen molar-refractivity contribution < 1.29 is 8.78 Å². The minimum Gasteiger partial charge on any atom is -0.323 e. The van der Waals surface area contributed by atoms with E-state index in [1.165, 1.54) is 6.07 Å². The summed E-state index contributed by atoms with van der Waals surface area (Å²) in [6, 6.07) is 3.70. The summed E-state index contributed by atoms with van der Waals surface area (Å²) in [6.07, 6.45) is 1.12. The molecule has 0 spiro atoms. The predicted octanol–water partition coefficient (Wildman–Crippen LogP) is 2.70. The summed E-state index contributed by atoms with van der Waals surface area (Å²) in [5.41, 5.74) is 6.54. The molecule has 1 aromatic carbocycles. The molecule has 0 radical (unpaired) electrons. The number of hydrogen-bond donors (Lipinski definition) is 1. The van der Waals surface area contributed by atoms with Gasteiger partial charge < -0.3 is 10.6 Å². The molecule has 0 aliphatic carbocycles. The van der Waals surface area contributed by atoms with Crippen LogP contribution in [-0.4, -0.2) is 24.5 Å². The average molecular weight is 254 g/mol. The summed E-state index contributed by atoms with van der Waals surface area (Å²) >= 11 is 0. The van der Waals surface area contributed by atoms with Crippen molar-refractivity contribution in [2.45, 2.75) is 26.3 Å². The van der Waals surface area contributed by atoms with Crippen molar-refractivity contribution in [2.75, 3.05) is 19.6 Å². The van der Waals surface area contributed by atoms with Crippen molar-refractivity contribution in [3.05, 3.63) is 35.4 Å². The van der Waals surface area contributed by atoms with E-state index in [0.717, 1.165) is 25.6 Å². The quantitative estimate of drug-likeness (QED) is 0.898. The Morgan fingerprint density at radius 3 is 2.72 bits per heavy atom. The first-order chi connectivity index (χ1) is 8.39. The standard InChI is InChI=1S/C14H20F2N2/c1-14(2)6-7-18(9-14)8-12(17)10-4-3-5-11(15)13(10)16/h3-5,12H,6-9,17H2,1-2H3. The van der Waals surface area contributed by atoms with Crippen molar-refractivity contribution in [1.82, 2.24) is 4.90 Å². The molecule has 1 aliphatic heterocycles. The maximum atomic E-state index is 13.6. The zero-order valence-electron chi connectivity index (χ0n) is 10.9. The van der Waals surface area contributed by atoms with Crippen LogP contribution in [0.25, 0.3) is 0 Å². The third kappa shape index (κ3) is 2.87. The smallest absolute Gasteiger partial charge is 0.163 e. The number of rotatable bonds is 3. The highest BCUT2D eigenvalue weighted by Gasteiger charge is 2.30. The van der Waals surface area contributed by atoms with Gasteiger partial charge in [-0.25, -0.2) is 8.78 Å². The first kappa shape index (κ1) is 13.4. The van der Waals surface area contributed by atoms with Crippen molar-refractivity contribution in [3.8, 4) is 0 Å². The van der Waals surface area contributed by atoms with Crippen molar-refractivity contribution in [3.63, 3.8) is 0 Å². The molecule has 2 nitrogen and oxygen atoms in total. The van der Waals surface area contributed by atoms with Gasteiger partial charge in [-0.3, -0.25) is 0 Å². The van der Waals surface area contributed by atoms with Crippen LogP contribution in [0.1, 0.15) is 31.9 Å². The molecule has 1 saturated heterocycles.